The van der Waals surface area contributed by atoms with Crippen LogP contribution in [0.25, 0.3) is 0 Å². The van der Waals surface area contributed by atoms with Gasteiger partial charge >= 0.3 is 12.1 Å². The quantitative estimate of drug-likeness (QED) is 0.761. The summed E-state index contributed by atoms with van der Waals surface area (Å²) in [5, 5.41) is 8.88. The van der Waals surface area contributed by atoms with Gasteiger partial charge < -0.3 is 10.0 Å². The van der Waals surface area contributed by atoms with E-state index in [9.17, 15) is 18.0 Å². The lowest BCUT2D eigenvalue weighted by atomic mass is 9.86. The Kier molecular flexibility index (Phi) is 5.33. The lowest BCUT2D eigenvalue weighted by molar-refractivity contribution is -0.227. The largest absolute Gasteiger partial charge is 0.481 e. The van der Waals surface area contributed by atoms with Gasteiger partial charge in [-0.1, -0.05) is 0 Å². The Hall–Kier alpha value is -0.430. The summed E-state index contributed by atoms with van der Waals surface area (Å²) in [5.41, 5.74) is -2.56. The molecule has 0 radical (unpaired) electrons. The maximum atomic E-state index is 12.9. The minimum atomic E-state index is -4.67. The number of hydrogen-bond donors (Lipinski definition) is 1. The number of carboxylic acids is 1. The molecule has 3 nitrogen and oxygen atoms in total. The van der Waals surface area contributed by atoms with Gasteiger partial charge in [0.25, 0.3) is 0 Å². The SMILES string of the molecule is CSCCCCN1CCC(C(=O)O)(C(F)(F)F)C1. The molecule has 0 amide bonds. The Morgan fingerprint density at radius 2 is 2.11 bits per heavy atom. The van der Waals surface area contributed by atoms with Gasteiger partial charge in [0, 0.05) is 6.54 Å². The van der Waals surface area contributed by atoms with E-state index >= 15 is 0 Å². The van der Waals surface area contributed by atoms with Crippen LogP contribution in [0.3, 0.4) is 0 Å². The molecule has 0 spiro atoms. The minimum Gasteiger partial charge on any atom is -0.481 e. The summed E-state index contributed by atoms with van der Waals surface area (Å²) in [6.45, 7) is 0.349. The van der Waals surface area contributed by atoms with Gasteiger partial charge in [0.1, 0.15) is 0 Å². The number of likely N-dealkylation sites (tertiary alicyclic amines) is 1. The zero-order valence-electron chi connectivity index (χ0n) is 10.3. The van der Waals surface area contributed by atoms with Crippen molar-refractivity contribution in [3.05, 3.63) is 0 Å². The van der Waals surface area contributed by atoms with Gasteiger partial charge in [-0.3, -0.25) is 4.79 Å². The third kappa shape index (κ3) is 3.32. The molecule has 0 bridgehead atoms. The number of halogens is 3. The molecule has 1 aliphatic heterocycles. The molecule has 1 fully saturated rings. The van der Waals surface area contributed by atoms with E-state index in [1.54, 1.807) is 16.7 Å². The number of carboxylic acid groups (broad SMARTS) is 1. The highest BCUT2D eigenvalue weighted by molar-refractivity contribution is 7.98. The summed E-state index contributed by atoms with van der Waals surface area (Å²) < 4.78 is 38.6. The third-order valence-corrected chi connectivity index (χ3v) is 4.07. The van der Waals surface area contributed by atoms with Crippen molar-refractivity contribution in [2.75, 3.05) is 31.6 Å². The summed E-state index contributed by atoms with van der Waals surface area (Å²) >= 11 is 1.70. The Labute approximate surface area is 109 Å². The molecule has 1 aliphatic rings. The monoisotopic (exact) mass is 285 g/mol. The van der Waals surface area contributed by atoms with Crippen LogP contribution in [0.4, 0.5) is 13.2 Å². The molecule has 1 saturated heterocycles. The maximum Gasteiger partial charge on any atom is 0.406 e. The molecule has 18 heavy (non-hydrogen) atoms. The molecule has 0 aromatic heterocycles. The number of carbonyl (C=O) groups is 1. The standard InChI is InChI=1S/C11H18F3NO2S/c1-18-7-3-2-5-15-6-4-10(8-15,9(16)17)11(12,13)14/h2-8H2,1H3,(H,16,17). The first kappa shape index (κ1) is 15.6. The van der Waals surface area contributed by atoms with Crippen molar-refractivity contribution < 1.29 is 23.1 Å². The predicted octanol–water partition coefficient (Wildman–Crippen LogP) is 2.47. The maximum absolute atomic E-state index is 12.9. The Bertz CT molecular complexity index is 299. The van der Waals surface area contributed by atoms with Crippen molar-refractivity contribution in [3.8, 4) is 0 Å². The number of unbranched alkanes of at least 4 members (excludes halogenated alkanes) is 1. The van der Waals surface area contributed by atoms with Crippen LogP contribution in [0.15, 0.2) is 0 Å². The van der Waals surface area contributed by atoms with Crippen LogP contribution in [0.2, 0.25) is 0 Å². The summed E-state index contributed by atoms with van der Waals surface area (Å²) in [6.07, 6.45) is -1.27. The van der Waals surface area contributed by atoms with E-state index in [0.29, 0.717) is 6.54 Å². The Balaban J connectivity index is 2.54. The topological polar surface area (TPSA) is 40.5 Å². The number of aliphatic carboxylic acids is 1. The van der Waals surface area contributed by atoms with Gasteiger partial charge in [-0.05, 0) is 44.4 Å². The molecular weight excluding hydrogens is 267 g/mol. The van der Waals surface area contributed by atoms with Crippen LogP contribution in [-0.4, -0.2) is 53.8 Å². The smallest absolute Gasteiger partial charge is 0.406 e. The fourth-order valence-corrected chi connectivity index (χ4v) is 2.68. The molecule has 1 heterocycles. The van der Waals surface area contributed by atoms with Crippen molar-refractivity contribution >= 4 is 17.7 Å². The van der Waals surface area contributed by atoms with Gasteiger partial charge in [-0.2, -0.15) is 24.9 Å². The van der Waals surface area contributed by atoms with Crippen molar-refractivity contribution in [1.82, 2.24) is 4.90 Å². The molecule has 0 aliphatic carbocycles. The molecule has 1 rings (SSSR count). The van der Waals surface area contributed by atoms with E-state index in [4.69, 9.17) is 5.11 Å². The number of nitrogens with zero attached hydrogens (tertiary/aromatic N) is 1. The summed E-state index contributed by atoms with van der Waals surface area (Å²) in [6, 6.07) is 0. The molecule has 1 N–H and O–H groups in total. The molecule has 0 aromatic rings. The second-order valence-corrected chi connectivity index (χ2v) is 5.60. The van der Waals surface area contributed by atoms with Crippen molar-refractivity contribution in [2.45, 2.75) is 25.4 Å². The highest BCUT2D eigenvalue weighted by Crippen LogP contribution is 2.45. The fourth-order valence-electron chi connectivity index (χ4n) is 2.19. The summed E-state index contributed by atoms with van der Waals surface area (Å²) in [7, 11) is 0. The second-order valence-electron chi connectivity index (χ2n) is 4.61. The van der Waals surface area contributed by atoms with Crippen LogP contribution < -0.4 is 0 Å². The van der Waals surface area contributed by atoms with E-state index in [0.717, 1.165) is 18.6 Å². The molecule has 106 valence electrons. The molecular formula is C11H18F3NO2S. The van der Waals surface area contributed by atoms with E-state index in [1.807, 2.05) is 6.26 Å². The highest BCUT2D eigenvalue weighted by atomic mass is 32.2. The van der Waals surface area contributed by atoms with E-state index in [2.05, 4.69) is 0 Å². The molecule has 1 unspecified atom stereocenters. The molecule has 1 atom stereocenters. The number of alkyl halides is 3. The van der Waals surface area contributed by atoms with E-state index < -0.39 is 24.1 Å². The molecule has 0 aromatic carbocycles. The van der Waals surface area contributed by atoms with Gasteiger partial charge in [-0.15, -0.1) is 0 Å². The zero-order chi connectivity index (χ0) is 13.8. The fraction of sp³-hybridized carbons (Fsp3) is 0.909. The molecule has 0 saturated carbocycles. The lowest BCUT2D eigenvalue weighted by Crippen LogP contribution is -2.47. The first-order chi connectivity index (χ1) is 8.33. The van der Waals surface area contributed by atoms with Gasteiger partial charge in [0.2, 0.25) is 0 Å². The van der Waals surface area contributed by atoms with Crippen LogP contribution >= 0.6 is 11.8 Å². The van der Waals surface area contributed by atoms with Crippen LogP contribution in [0.5, 0.6) is 0 Å². The highest BCUT2D eigenvalue weighted by Gasteiger charge is 2.63. The third-order valence-electron chi connectivity index (χ3n) is 3.37. The summed E-state index contributed by atoms with van der Waals surface area (Å²) in [4.78, 5) is 12.6. The van der Waals surface area contributed by atoms with Crippen LogP contribution in [0.1, 0.15) is 19.3 Å². The van der Waals surface area contributed by atoms with Gasteiger partial charge in [0.15, 0.2) is 5.41 Å². The first-order valence-electron chi connectivity index (χ1n) is 5.85. The van der Waals surface area contributed by atoms with Crippen molar-refractivity contribution in [1.29, 1.82) is 0 Å². The zero-order valence-corrected chi connectivity index (χ0v) is 11.1. The lowest BCUT2D eigenvalue weighted by Gasteiger charge is -2.27. The van der Waals surface area contributed by atoms with Crippen LogP contribution in [0, 0.1) is 5.41 Å². The van der Waals surface area contributed by atoms with Gasteiger partial charge in [0.05, 0.1) is 0 Å². The Morgan fingerprint density at radius 1 is 1.44 bits per heavy atom. The number of hydrogen-bond acceptors (Lipinski definition) is 3. The van der Waals surface area contributed by atoms with Crippen molar-refractivity contribution in [2.24, 2.45) is 5.41 Å². The first-order valence-corrected chi connectivity index (χ1v) is 7.24. The van der Waals surface area contributed by atoms with Gasteiger partial charge in [-0.25, -0.2) is 0 Å². The van der Waals surface area contributed by atoms with E-state index in [-0.39, 0.29) is 13.0 Å². The predicted molar refractivity (Wildman–Crippen MR) is 64.8 cm³/mol. The van der Waals surface area contributed by atoms with E-state index in [1.165, 1.54) is 0 Å². The molecule has 7 heteroatoms. The second kappa shape index (κ2) is 6.14. The average molecular weight is 285 g/mol. The minimum absolute atomic E-state index is 0.213. The average Bonchev–Trinajstić information content (AvgIpc) is 2.69. The summed E-state index contributed by atoms with van der Waals surface area (Å²) in [5.74, 6) is -0.765. The van der Waals surface area contributed by atoms with Crippen LogP contribution in [-0.2, 0) is 4.79 Å². The number of rotatable bonds is 6. The normalized spacial score (nSPS) is 25.6. The van der Waals surface area contributed by atoms with Crippen molar-refractivity contribution in [3.63, 3.8) is 0 Å². The number of thioether (sulfide) groups is 1. The Morgan fingerprint density at radius 3 is 2.56 bits per heavy atom.